The number of aromatic nitrogens is 5. The van der Waals surface area contributed by atoms with Gasteiger partial charge in [0.1, 0.15) is 17.3 Å². The van der Waals surface area contributed by atoms with Crippen LogP contribution in [0, 0.1) is 13.8 Å². The van der Waals surface area contributed by atoms with Crippen LogP contribution in [0.25, 0.3) is 61.2 Å². The second-order valence-corrected chi connectivity index (χ2v) is 13.8. The lowest BCUT2D eigenvalue weighted by atomic mass is 9.88. The van der Waals surface area contributed by atoms with Crippen molar-refractivity contribution in [1.29, 1.82) is 0 Å². The molecule has 6 heteroatoms. The van der Waals surface area contributed by atoms with Crippen molar-refractivity contribution in [3.8, 4) is 23.0 Å². The fourth-order valence-corrected chi connectivity index (χ4v) is 7.00. The SMILES string of the molecule is Cc1cc2c(cc1C)n1c3ccccc3nc1n2-c1cccc(Oc2ccc3c4ccccc4n(-c4cc(C(C)(C)C)ccn4)c3c2)c1. The summed E-state index contributed by atoms with van der Waals surface area (Å²) in [7, 11) is 0. The zero-order chi connectivity index (χ0) is 32.7. The van der Waals surface area contributed by atoms with E-state index in [1.54, 1.807) is 0 Å². The summed E-state index contributed by atoms with van der Waals surface area (Å²) in [4.78, 5) is 9.93. The number of ether oxygens (including phenoxy) is 1. The monoisotopic (exact) mass is 625 g/mol. The van der Waals surface area contributed by atoms with E-state index in [1.807, 2.05) is 24.4 Å². The Morgan fingerprint density at radius 2 is 1.31 bits per heavy atom. The number of hydrogen-bond acceptors (Lipinski definition) is 3. The van der Waals surface area contributed by atoms with Crippen molar-refractivity contribution in [2.24, 2.45) is 0 Å². The third-order valence-electron chi connectivity index (χ3n) is 9.61. The number of nitrogens with zero attached hydrogens (tertiary/aromatic N) is 5. The minimum Gasteiger partial charge on any atom is -0.457 e. The van der Waals surface area contributed by atoms with E-state index in [0.29, 0.717) is 0 Å². The Labute approximate surface area is 278 Å². The molecule has 9 aromatic rings. The average molecular weight is 626 g/mol. The van der Waals surface area contributed by atoms with Crippen molar-refractivity contribution in [2.75, 3.05) is 0 Å². The molecular weight excluding hydrogens is 590 g/mol. The summed E-state index contributed by atoms with van der Waals surface area (Å²) in [6.07, 6.45) is 1.91. The van der Waals surface area contributed by atoms with Crippen molar-refractivity contribution < 1.29 is 4.74 Å². The van der Waals surface area contributed by atoms with Crippen molar-refractivity contribution >= 4 is 49.7 Å². The molecule has 0 spiro atoms. The first-order valence-corrected chi connectivity index (χ1v) is 16.4. The van der Waals surface area contributed by atoms with Crippen LogP contribution in [-0.2, 0) is 5.41 Å². The molecule has 5 aromatic carbocycles. The third kappa shape index (κ3) is 4.33. The summed E-state index contributed by atoms with van der Waals surface area (Å²) >= 11 is 0. The highest BCUT2D eigenvalue weighted by Gasteiger charge is 2.20. The zero-order valence-electron chi connectivity index (χ0n) is 27.7. The van der Waals surface area contributed by atoms with E-state index in [2.05, 4.69) is 145 Å². The summed E-state index contributed by atoms with van der Waals surface area (Å²) in [6.45, 7) is 11.0. The molecule has 0 fully saturated rings. The molecule has 234 valence electrons. The molecule has 0 aliphatic rings. The van der Waals surface area contributed by atoms with Gasteiger partial charge in [0.2, 0.25) is 5.78 Å². The zero-order valence-corrected chi connectivity index (χ0v) is 27.7. The van der Waals surface area contributed by atoms with Crippen molar-refractivity contribution in [2.45, 2.75) is 40.0 Å². The van der Waals surface area contributed by atoms with Gasteiger partial charge >= 0.3 is 0 Å². The number of para-hydroxylation sites is 3. The first-order chi connectivity index (χ1) is 23.2. The Bertz CT molecular complexity index is 2720. The standard InChI is InChI=1S/C42H35N5O/c1-26-21-38-39(22-27(26)2)47-36-16-9-7-14-34(36)44-41(47)45(38)29-11-10-12-30(24-29)48-31-17-18-33-32-13-6-8-15-35(32)46(37(33)25-31)40-23-28(19-20-43-40)42(3,4)5/h6-25H,1-5H3. The highest BCUT2D eigenvalue weighted by Crippen LogP contribution is 2.37. The van der Waals surface area contributed by atoms with Gasteiger partial charge in [0.05, 0.1) is 38.8 Å². The highest BCUT2D eigenvalue weighted by molar-refractivity contribution is 6.09. The van der Waals surface area contributed by atoms with E-state index in [0.717, 1.165) is 67.3 Å². The Hall–Kier alpha value is -5.88. The van der Waals surface area contributed by atoms with Crippen LogP contribution in [0.5, 0.6) is 11.5 Å². The van der Waals surface area contributed by atoms with Crippen LogP contribution < -0.4 is 4.74 Å². The maximum absolute atomic E-state index is 6.64. The number of fused-ring (bicyclic) bond motifs is 8. The minimum absolute atomic E-state index is 0.00695. The van der Waals surface area contributed by atoms with E-state index >= 15 is 0 Å². The Kier molecular flexibility index (Phi) is 6.09. The molecule has 0 radical (unpaired) electrons. The van der Waals surface area contributed by atoms with Crippen LogP contribution in [0.1, 0.15) is 37.5 Å². The van der Waals surface area contributed by atoms with Gasteiger partial charge in [-0.1, -0.05) is 57.2 Å². The number of rotatable bonds is 4. The fraction of sp³-hybridized carbons (Fsp3) is 0.143. The number of pyridine rings is 1. The van der Waals surface area contributed by atoms with E-state index in [4.69, 9.17) is 14.7 Å². The molecule has 6 nitrogen and oxygen atoms in total. The summed E-state index contributed by atoms with van der Waals surface area (Å²) < 4.78 is 13.4. The first kappa shape index (κ1) is 28.4. The minimum atomic E-state index is 0.00695. The van der Waals surface area contributed by atoms with Gasteiger partial charge in [0.15, 0.2) is 0 Å². The van der Waals surface area contributed by atoms with Crippen molar-refractivity contribution in [3.05, 3.63) is 138 Å². The fourth-order valence-electron chi connectivity index (χ4n) is 7.00. The summed E-state index contributed by atoms with van der Waals surface area (Å²) in [5, 5.41) is 2.35. The molecule has 0 unspecified atom stereocenters. The summed E-state index contributed by atoms with van der Waals surface area (Å²) in [6, 6.07) is 40.3. The Morgan fingerprint density at radius 3 is 2.15 bits per heavy atom. The predicted molar refractivity (Wildman–Crippen MR) is 196 cm³/mol. The molecule has 0 saturated heterocycles. The lowest BCUT2D eigenvalue weighted by Crippen LogP contribution is -2.12. The average Bonchev–Trinajstić information content (AvgIpc) is 3.71. The van der Waals surface area contributed by atoms with Gasteiger partial charge in [-0.25, -0.2) is 9.97 Å². The van der Waals surface area contributed by atoms with Gasteiger partial charge in [-0.2, -0.15) is 0 Å². The van der Waals surface area contributed by atoms with E-state index < -0.39 is 0 Å². The smallest absolute Gasteiger partial charge is 0.220 e. The van der Waals surface area contributed by atoms with Crippen LogP contribution >= 0.6 is 0 Å². The molecule has 4 heterocycles. The second kappa shape index (κ2) is 10.3. The molecule has 0 N–H and O–H groups in total. The maximum atomic E-state index is 6.64. The first-order valence-electron chi connectivity index (χ1n) is 16.4. The van der Waals surface area contributed by atoms with Gasteiger partial charge in [0, 0.05) is 29.1 Å². The summed E-state index contributed by atoms with van der Waals surface area (Å²) in [5.74, 6) is 3.29. The van der Waals surface area contributed by atoms with E-state index in [-0.39, 0.29) is 5.41 Å². The van der Waals surface area contributed by atoms with Crippen LogP contribution in [-0.4, -0.2) is 23.5 Å². The van der Waals surface area contributed by atoms with Crippen LogP contribution in [0.3, 0.4) is 0 Å². The van der Waals surface area contributed by atoms with Gasteiger partial charge < -0.3 is 4.74 Å². The van der Waals surface area contributed by atoms with Crippen LogP contribution in [0.4, 0.5) is 0 Å². The summed E-state index contributed by atoms with van der Waals surface area (Å²) in [5.41, 5.74) is 11.2. The topological polar surface area (TPSA) is 49.3 Å². The predicted octanol–water partition coefficient (Wildman–Crippen LogP) is 10.6. The van der Waals surface area contributed by atoms with Gasteiger partial charge in [-0.05, 0) is 103 Å². The lowest BCUT2D eigenvalue weighted by Gasteiger charge is -2.20. The Morgan fingerprint density at radius 1 is 0.583 bits per heavy atom. The number of benzene rings is 5. The van der Waals surface area contributed by atoms with E-state index in [1.165, 1.54) is 22.1 Å². The highest BCUT2D eigenvalue weighted by atomic mass is 16.5. The van der Waals surface area contributed by atoms with E-state index in [9.17, 15) is 0 Å². The largest absolute Gasteiger partial charge is 0.457 e. The molecule has 0 amide bonds. The molecule has 9 rings (SSSR count). The normalized spacial score (nSPS) is 12.3. The molecule has 0 aliphatic heterocycles. The second-order valence-electron chi connectivity index (χ2n) is 13.8. The molecular formula is C42H35N5O. The molecule has 0 bridgehead atoms. The molecule has 4 aromatic heterocycles. The quantitative estimate of drug-likeness (QED) is 0.196. The number of imidazole rings is 2. The van der Waals surface area contributed by atoms with Crippen molar-refractivity contribution in [3.63, 3.8) is 0 Å². The molecule has 48 heavy (non-hydrogen) atoms. The Balaban J connectivity index is 1.18. The molecule has 0 saturated carbocycles. The maximum Gasteiger partial charge on any atom is 0.220 e. The van der Waals surface area contributed by atoms with Gasteiger partial charge in [-0.15, -0.1) is 0 Å². The van der Waals surface area contributed by atoms with Crippen LogP contribution in [0.15, 0.2) is 121 Å². The van der Waals surface area contributed by atoms with Crippen LogP contribution in [0.2, 0.25) is 0 Å². The number of aryl methyl sites for hydroxylation is 2. The third-order valence-corrected chi connectivity index (χ3v) is 9.61. The molecule has 0 aliphatic carbocycles. The van der Waals surface area contributed by atoms with Crippen molar-refractivity contribution in [1.82, 2.24) is 23.5 Å². The molecule has 0 atom stereocenters. The number of hydrogen-bond donors (Lipinski definition) is 0. The van der Waals surface area contributed by atoms with Gasteiger partial charge in [0.25, 0.3) is 0 Å². The van der Waals surface area contributed by atoms with Gasteiger partial charge in [-0.3, -0.25) is 13.5 Å². The lowest BCUT2D eigenvalue weighted by molar-refractivity contribution is 0.483.